The molecule has 1 nitrogen and oxygen atoms in total. The van der Waals surface area contributed by atoms with Gasteiger partial charge in [-0.25, -0.2) is 0 Å². The van der Waals surface area contributed by atoms with Gasteiger partial charge in [0.2, 0.25) is 0 Å². The first-order valence-corrected chi connectivity index (χ1v) is 6.10. The van der Waals surface area contributed by atoms with E-state index in [0.29, 0.717) is 0 Å². The smallest absolute Gasteiger partial charge is 0.0784 e. The molecule has 0 atom stereocenters. The van der Waals surface area contributed by atoms with E-state index in [4.69, 9.17) is 0 Å². The average molecular weight is 220 g/mol. The molecule has 1 rings (SSSR count). The summed E-state index contributed by atoms with van der Waals surface area (Å²) in [4.78, 5) is 0. The van der Waals surface area contributed by atoms with E-state index in [9.17, 15) is 0 Å². The second-order valence-electron chi connectivity index (χ2n) is 4.91. The van der Waals surface area contributed by atoms with E-state index in [0.717, 1.165) is 0 Å². The van der Waals surface area contributed by atoms with E-state index < -0.39 is 0 Å². The van der Waals surface area contributed by atoms with Crippen LogP contribution in [0.4, 0.5) is 0 Å². The van der Waals surface area contributed by atoms with Gasteiger partial charge in [-0.3, -0.25) is 0 Å². The average Bonchev–Trinajstić information content (AvgIpc) is 2.14. The molecule has 1 heterocycles. The molecule has 0 aliphatic carbocycles. The number of piperidine rings is 1. The molecular weight excluding hydrogens is 194 g/mol. The fourth-order valence-electron chi connectivity index (χ4n) is 2.42. The van der Waals surface area contributed by atoms with Crippen LogP contribution in [0.15, 0.2) is 0 Å². The summed E-state index contributed by atoms with van der Waals surface area (Å²) in [6.07, 6.45) is 10.1. The van der Waals surface area contributed by atoms with Crippen molar-refractivity contribution < 1.29 is 16.9 Å². The largest absolute Gasteiger partial charge is 1.00 e. The first-order chi connectivity index (χ1) is 6.27. The van der Waals surface area contributed by atoms with Crippen LogP contribution in [-0.2, 0) is 0 Å². The summed E-state index contributed by atoms with van der Waals surface area (Å²) in [5, 5.41) is 0. The molecule has 0 aromatic rings. The maximum absolute atomic E-state index is 2.45. The third kappa shape index (κ3) is 5.21. The maximum atomic E-state index is 2.45. The molecule has 14 heavy (non-hydrogen) atoms. The van der Waals surface area contributed by atoms with Crippen LogP contribution in [-0.4, -0.2) is 31.2 Å². The highest BCUT2D eigenvalue weighted by Gasteiger charge is 2.23. The van der Waals surface area contributed by atoms with Gasteiger partial charge in [0.1, 0.15) is 0 Å². The van der Waals surface area contributed by atoms with Crippen LogP contribution in [0.3, 0.4) is 0 Å². The zero-order valence-corrected chi connectivity index (χ0v) is 10.7. The molecule has 0 aromatic carbocycles. The summed E-state index contributed by atoms with van der Waals surface area (Å²) in [5.74, 6) is 0. The van der Waals surface area contributed by atoms with E-state index in [2.05, 4.69) is 14.0 Å². The Morgan fingerprint density at radius 1 is 0.929 bits per heavy atom. The minimum Gasteiger partial charge on any atom is -1.00 e. The Bertz CT molecular complexity index is 130. The van der Waals surface area contributed by atoms with Crippen LogP contribution in [0, 0.1) is 0 Å². The molecule has 0 radical (unpaired) electrons. The molecule has 1 aliphatic rings. The van der Waals surface area contributed by atoms with E-state index in [1.54, 1.807) is 0 Å². The molecule has 0 saturated carbocycles. The number of halogens is 1. The normalized spacial score (nSPS) is 20.1. The highest BCUT2D eigenvalue weighted by molar-refractivity contribution is 4.52. The number of rotatable bonds is 5. The first-order valence-electron chi connectivity index (χ1n) is 6.10. The number of nitrogens with zero attached hydrogens (tertiary/aromatic N) is 1. The molecule has 0 bridgehead atoms. The molecule has 0 spiro atoms. The van der Waals surface area contributed by atoms with E-state index in [1.165, 1.54) is 69.1 Å². The number of hydrogen-bond donors (Lipinski definition) is 0. The lowest BCUT2D eigenvalue weighted by molar-refractivity contribution is -0.914. The van der Waals surface area contributed by atoms with Crippen LogP contribution in [0.5, 0.6) is 0 Å². The number of quaternary nitrogens is 1. The van der Waals surface area contributed by atoms with Crippen LogP contribution in [0.1, 0.15) is 51.9 Å². The molecule has 0 aromatic heterocycles. The van der Waals surface area contributed by atoms with Crippen molar-refractivity contribution in [3.05, 3.63) is 0 Å². The summed E-state index contributed by atoms with van der Waals surface area (Å²) in [5.41, 5.74) is 0. The van der Waals surface area contributed by atoms with Gasteiger partial charge in [-0.1, -0.05) is 19.8 Å². The van der Waals surface area contributed by atoms with E-state index in [1.807, 2.05) is 0 Å². The van der Waals surface area contributed by atoms with Crippen molar-refractivity contribution in [3.8, 4) is 0 Å². The Hall–Kier alpha value is 0.250. The van der Waals surface area contributed by atoms with Crippen molar-refractivity contribution in [2.75, 3.05) is 26.7 Å². The first kappa shape index (κ1) is 14.2. The second kappa shape index (κ2) is 7.53. The molecule has 86 valence electrons. The minimum absolute atomic E-state index is 0. The summed E-state index contributed by atoms with van der Waals surface area (Å²) in [7, 11) is 2.45. The number of likely N-dealkylation sites (tertiary alicyclic amines) is 1. The second-order valence-corrected chi connectivity index (χ2v) is 4.91. The van der Waals surface area contributed by atoms with Gasteiger partial charge in [0.05, 0.1) is 26.7 Å². The van der Waals surface area contributed by atoms with Gasteiger partial charge in [-0.2, -0.15) is 0 Å². The molecule has 1 saturated heterocycles. The van der Waals surface area contributed by atoms with Crippen LogP contribution < -0.4 is 12.4 Å². The Labute approximate surface area is 95.9 Å². The lowest BCUT2D eigenvalue weighted by atomic mass is 10.1. The van der Waals surface area contributed by atoms with Gasteiger partial charge in [0, 0.05) is 0 Å². The molecular formula is C12H26ClN. The quantitative estimate of drug-likeness (QED) is 0.458. The summed E-state index contributed by atoms with van der Waals surface area (Å²) in [6.45, 7) is 6.59. The molecule has 1 aliphatic heterocycles. The molecule has 0 unspecified atom stereocenters. The highest BCUT2D eigenvalue weighted by atomic mass is 35.5. The van der Waals surface area contributed by atoms with E-state index in [-0.39, 0.29) is 12.4 Å². The standard InChI is InChI=1S/C12H26N.ClH/c1-3-4-5-7-10-13(2)11-8-6-9-12-13;/h3-12H2,1-2H3;1H/q+1;/p-1. The number of unbranched alkanes of at least 4 members (excludes halogenated alkanes) is 3. The summed E-state index contributed by atoms with van der Waals surface area (Å²) in [6, 6.07) is 0. The predicted octanol–water partition coefficient (Wildman–Crippen LogP) is 0.201. The van der Waals surface area contributed by atoms with Crippen LogP contribution in [0.2, 0.25) is 0 Å². The van der Waals surface area contributed by atoms with Gasteiger partial charge >= 0.3 is 0 Å². The fourth-order valence-corrected chi connectivity index (χ4v) is 2.42. The predicted molar refractivity (Wildman–Crippen MR) is 58.8 cm³/mol. The lowest BCUT2D eigenvalue weighted by Gasteiger charge is -2.37. The fraction of sp³-hybridized carbons (Fsp3) is 1.00. The van der Waals surface area contributed by atoms with Crippen molar-refractivity contribution in [1.29, 1.82) is 0 Å². The Morgan fingerprint density at radius 3 is 2.14 bits per heavy atom. The zero-order chi connectivity index (χ0) is 9.57. The van der Waals surface area contributed by atoms with Crippen molar-refractivity contribution >= 4 is 0 Å². The van der Waals surface area contributed by atoms with Gasteiger partial charge in [-0.15, -0.1) is 0 Å². The van der Waals surface area contributed by atoms with Crippen molar-refractivity contribution in [1.82, 2.24) is 0 Å². The van der Waals surface area contributed by atoms with Crippen LogP contribution >= 0.6 is 0 Å². The topological polar surface area (TPSA) is 0 Å². The SMILES string of the molecule is CCCCCC[N+]1(C)CCCCC1.[Cl-]. The molecule has 0 amide bonds. The summed E-state index contributed by atoms with van der Waals surface area (Å²) < 4.78 is 1.36. The van der Waals surface area contributed by atoms with Gasteiger partial charge < -0.3 is 16.9 Å². The van der Waals surface area contributed by atoms with Gasteiger partial charge in [0.25, 0.3) is 0 Å². The minimum atomic E-state index is 0. The molecule has 1 fully saturated rings. The zero-order valence-electron chi connectivity index (χ0n) is 9.90. The molecule has 0 N–H and O–H groups in total. The Balaban J connectivity index is 0.00000169. The Kier molecular flexibility index (Phi) is 7.66. The van der Waals surface area contributed by atoms with Crippen molar-refractivity contribution in [2.24, 2.45) is 0 Å². The van der Waals surface area contributed by atoms with E-state index >= 15 is 0 Å². The third-order valence-electron chi connectivity index (χ3n) is 3.45. The number of hydrogen-bond acceptors (Lipinski definition) is 0. The Morgan fingerprint density at radius 2 is 1.57 bits per heavy atom. The van der Waals surface area contributed by atoms with Crippen molar-refractivity contribution in [3.63, 3.8) is 0 Å². The monoisotopic (exact) mass is 219 g/mol. The van der Waals surface area contributed by atoms with Gasteiger partial charge in [-0.05, 0) is 32.1 Å². The lowest BCUT2D eigenvalue weighted by Crippen LogP contribution is -3.00. The van der Waals surface area contributed by atoms with Crippen LogP contribution in [0.25, 0.3) is 0 Å². The summed E-state index contributed by atoms with van der Waals surface area (Å²) >= 11 is 0. The van der Waals surface area contributed by atoms with Gasteiger partial charge in [0.15, 0.2) is 0 Å². The third-order valence-corrected chi connectivity index (χ3v) is 3.45. The van der Waals surface area contributed by atoms with Crippen molar-refractivity contribution in [2.45, 2.75) is 51.9 Å². The molecule has 2 heteroatoms. The maximum Gasteiger partial charge on any atom is 0.0784 e. The highest BCUT2D eigenvalue weighted by Crippen LogP contribution is 2.17.